The van der Waals surface area contributed by atoms with E-state index in [0.717, 1.165) is 18.7 Å². The van der Waals surface area contributed by atoms with E-state index in [1.165, 1.54) is 12.8 Å². The van der Waals surface area contributed by atoms with Crippen LogP contribution in [0.15, 0.2) is 6.33 Å². The number of fused-ring (bicyclic) bond motifs is 2. The molecule has 2 fully saturated rings. The molecule has 2 unspecified atom stereocenters. The van der Waals surface area contributed by atoms with E-state index in [1.807, 2.05) is 4.68 Å². The summed E-state index contributed by atoms with van der Waals surface area (Å²) in [5.74, 6) is 1.39. The topological polar surface area (TPSA) is 51.0 Å². The number of aromatic nitrogens is 3. The third-order valence-corrected chi connectivity index (χ3v) is 5.02. The normalized spacial score (nSPS) is 30.1. The van der Waals surface area contributed by atoms with Crippen LogP contribution in [0.5, 0.6) is 0 Å². The first-order valence-electron chi connectivity index (χ1n) is 7.69. The van der Waals surface area contributed by atoms with Gasteiger partial charge >= 0.3 is 0 Å². The van der Waals surface area contributed by atoms with Crippen LogP contribution in [0.4, 0.5) is 0 Å². The van der Waals surface area contributed by atoms with E-state index in [0.29, 0.717) is 24.3 Å². The average molecular weight is 276 g/mol. The Kier molecular flexibility index (Phi) is 3.63. The third-order valence-electron chi connectivity index (χ3n) is 5.02. The molecule has 0 spiro atoms. The highest BCUT2D eigenvalue weighted by molar-refractivity contribution is 5.82. The standard InChI is InChI=1S/C15H24N4O/c1-10(2)19-15(16-9-17-19)8-14(20)11-6-12-4-5-13(7-11)18(12)3/h9-13H,4-8H2,1-3H3. The summed E-state index contributed by atoms with van der Waals surface area (Å²) in [5, 5.41) is 4.21. The fourth-order valence-electron chi connectivity index (χ4n) is 3.81. The van der Waals surface area contributed by atoms with Gasteiger partial charge in [0.2, 0.25) is 0 Å². The zero-order valence-electron chi connectivity index (χ0n) is 12.6. The average Bonchev–Trinajstić information content (AvgIpc) is 2.91. The Morgan fingerprint density at radius 3 is 2.60 bits per heavy atom. The molecule has 1 aromatic heterocycles. The molecule has 110 valence electrons. The molecule has 0 saturated carbocycles. The second-order valence-electron chi connectivity index (χ2n) is 6.58. The van der Waals surface area contributed by atoms with Crippen molar-refractivity contribution in [2.75, 3.05) is 7.05 Å². The van der Waals surface area contributed by atoms with E-state index in [2.05, 4.69) is 35.9 Å². The van der Waals surface area contributed by atoms with Crippen molar-refractivity contribution >= 4 is 5.78 Å². The number of ketones is 1. The molecule has 5 heteroatoms. The molecule has 0 aliphatic carbocycles. The van der Waals surface area contributed by atoms with Crippen LogP contribution in [-0.2, 0) is 11.2 Å². The number of hydrogen-bond acceptors (Lipinski definition) is 4. The molecule has 5 nitrogen and oxygen atoms in total. The minimum Gasteiger partial charge on any atom is -0.300 e. The van der Waals surface area contributed by atoms with Crippen molar-refractivity contribution in [3.63, 3.8) is 0 Å². The molecule has 3 heterocycles. The number of Topliss-reactive ketones (excluding diaryl/α,β-unsaturated/α-hetero) is 1. The maximum absolute atomic E-state index is 12.6. The van der Waals surface area contributed by atoms with Crippen LogP contribution in [0.25, 0.3) is 0 Å². The van der Waals surface area contributed by atoms with Gasteiger partial charge < -0.3 is 4.90 Å². The fourth-order valence-corrected chi connectivity index (χ4v) is 3.81. The smallest absolute Gasteiger partial charge is 0.143 e. The van der Waals surface area contributed by atoms with E-state index in [4.69, 9.17) is 0 Å². The summed E-state index contributed by atoms with van der Waals surface area (Å²) in [5.41, 5.74) is 0. The van der Waals surface area contributed by atoms with E-state index >= 15 is 0 Å². The van der Waals surface area contributed by atoms with Gasteiger partial charge in [-0.3, -0.25) is 4.79 Å². The van der Waals surface area contributed by atoms with E-state index < -0.39 is 0 Å². The Morgan fingerprint density at radius 1 is 1.35 bits per heavy atom. The summed E-state index contributed by atoms with van der Waals surface area (Å²) >= 11 is 0. The number of rotatable bonds is 4. The summed E-state index contributed by atoms with van der Waals surface area (Å²) in [7, 11) is 2.21. The molecule has 2 saturated heterocycles. The first-order valence-corrected chi connectivity index (χ1v) is 7.69. The predicted molar refractivity (Wildman–Crippen MR) is 76.4 cm³/mol. The number of nitrogens with zero attached hydrogens (tertiary/aromatic N) is 4. The highest BCUT2D eigenvalue weighted by atomic mass is 16.1. The number of carbonyl (C=O) groups is 1. The summed E-state index contributed by atoms with van der Waals surface area (Å²) < 4.78 is 1.86. The minimum atomic E-state index is 0.223. The van der Waals surface area contributed by atoms with Crippen molar-refractivity contribution in [3.8, 4) is 0 Å². The lowest BCUT2D eigenvalue weighted by atomic mass is 9.86. The quantitative estimate of drug-likeness (QED) is 0.842. The summed E-state index contributed by atoms with van der Waals surface area (Å²) in [4.78, 5) is 19.3. The fraction of sp³-hybridized carbons (Fsp3) is 0.800. The van der Waals surface area contributed by atoms with Crippen LogP contribution in [0.3, 0.4) is 0 Å². The van der Waals surface area contributed by atoms with Gasteiger partial charge in [0, 0.05) is 24.0 Å². The Bertz CT molecular complexity index is 482. The largest absolute Gasteiger partial charge is 0.300 e. The Balaban J connectivity index is 1.67. The molecule has 3 rings (SSSR count). The third kappa shape index (κ3) is 2.39. The SMILES string of the molecule is CC(C)n1ncnc1CC(=O)C1CC2CCC(C1)N2C. The maximum atomic E-state index is 12.6. The van der Waals surface area contributed by atoms with Gasteiger partial charge in [-0.15, -0.1) is 0 Å². The van der Waals surface area contributed by atoms with E-state index in [1.54, 1.807) is 6.33 Å². The zero-order valence-corrected chi connectivity index (χ0v) is 12.6. The van der Waals surface area contributed by atoms with Gasteiger partial charge in [-0.2, -0.15) is 5.10 Å². The number of piperidine rings is 1. The monoisotopic (exact) mass is 276 g/mol. The highest BCUT2D eigenvalue weighted by Gasteiger charge is 2.40. The van der Waals surface area contributed by atoms with Gasteiger partial charge in [0.1, 0.15) is 17.9 Å². The molecule has 0 N–H and O–H groups in total. The van der Waals surface area contributed by atoms with E-state index in [-0.39, 0.29) is 12.0 Å². The van der Waals surface area contributed by atoms with Crippen molar-refractivity contribution in [2.45, 2.75) is 64.1 Å². The van der Waals surface area contributed by atoms with Crippen molar-refractivity contribution < 1.29 is 4.79 Å². The number of carbonyl (C=O) groups excluding carboxylic acids is 1. The summed E-state index contributed by atoms with van der Waals surface area (Å²) in [6.45, 7) is 4.14. The second kappa shape index (κ2) is 5.28. The first-order chi connectivity index (χ1) is 9.56. The van der Waals surface area contributed by atoms with Gasteiger partial charge in [0.15, 0.2) is 0 Å². The zero-order chi connectivity index (χ0) is 14.3. The second-order valence-corrected chi connectivity index (χ2v) is 6.58. The van der Waals surface area contributed by atoms with Gasteiger partial charge in [-0.25, -0.2) is 9.67 Å². The van der Waals surface area contributed by atoms with Crippen LogP contribution in [0, 0.1) is 5.92 Å². The first kappa shape index (κ1) is 13.7. The summed E-state index contributed by atoms with van der Waals surface area (Å²) in [6, 6.07) is 1.49. The lowest BCUT2D eigenvalue weighted by Gasteiger charge is -2.35. The van der Waals surface area contributed by atoms with Crippen molar-refractivity contribution in [1.82, 2.24) is 19.7 Å². The summed E-state index contributed by atoms with van der Waals surface area (Å²) in [6.07, 6.45) is 6.57. The molecule has 20 heavy (non-hydrogen) atoms. The molecule has 2 aliphatic heterocycles. The molecule has 1 aromatic rings. The Labute approximate surface area is 120 Å². The lowest BCUT2D eigenvalue weighted by molar-refractivity contribution is -0.124. The van der Waals surface area contributed by atoms with Gasteiger partial charge in [0.05, 0.1) is 6.42 Å². The van der Waals surface area contributed by atoms with Gasteiger partial charge in [-0.05, 0) is 46.6 Å². The number of hydrogen-bond donors (Lipinski definition) is 0. The maximum Gasteiger partial charge on any atom is 0.143 e. The lowest BCUT2D eigenvalue weighted by Crippen LogP contribution is -2.42. The Morgan fingerprint density at radius 2 is 2.00 bits per heavy atom. The molecule has 2 atom stereocenters. The van der Waals surface area contributed by atoms with Crippen molar-refractivity contribution in [1.29, 1.82) is 0 Å². The minimum absolute atomic E-state index is 0.223. The molecule has 0 aromatic carbocycles. The van der Waals surface area contributed by atoms with Crippen LogP contribution in [0.1, 0.15) is 51.4 Å². The van der Waals surface area contributed by atoms with Gasteiger partial charge in [0.25, 0.3) is 0 Å². The molecule has 2 bridgehead atoms. The van der Waals surface area contributed by atoms with Gasteiger partial charge in [-0.1, -0.05) is 0 Å². The van der Waals surface area contributed by atoms with Crippen LogP contribution < -0.4 is 0 Å². The van der Waals surface area contributed by atoms with E-state index in [9.17, 15) is 4.79 Å². The highest BCUT2D eigenvalue weighted by Crippen LogP contribution is 2.38. The predicted octanol–water partition coefficient (Wildman–Crippen LogP) is 1.84. The van der Waals surface area contributed by atoms with Crippen LogP contribution in [-0.4, -0.2) is 44.6 Å². The molecule has 0 amide bonds. The molecule has 2 aliphatic rings. The van der Waals surface area contributed by atoms with Crippen LogP contribution >= 0.6 is 0 Å². The van der Waals surface area contributed by atoms with Crippen molar-refractivity contribution in [3.05, 3.63) is 12.2 Å². The molecular formula is C15H24N4O. The van der Waals surface area contributed by atoms with Crippen LogP contribution in [0.2, 0.25) is 0 Å². The Hall–Kier alpha value is -1.23. The molecule has 0 radical (unpaired) electrons. The van der Waals surface area contributed by atoms with Crippen molar-refractivity contribution in [2.24, 2.45) is 5.92 Å². The molecular weight excluding hydrogens is 252 g/mol.